The summed E-state index contributed by atoms with van der Waals surface area (Å²) in [5.74, 6) is -0.517. The van der Waals surface area contributed by atoms with Crippen molar-refractivity contribution in [3.63, 3.8) is 0 Å². The van der Waals surface area contributed by atoms with Crippen LogP contribution >= 0.6 is 0 Å². The van der Waals surface area contributed by atoms with Crippen molar-refractivity contribution in [2.75, 3.05) is 6.54 Å². The fourth-order valence-corrected chi connectivity index (χ4v) is 1.05. The van der Waals surface area contributed by atoms with E-state index >= 15 is 0 Å². The monoisotopic (exact) mass is 213 g/mol. The predicted octanol–water partition coefficient (Wildman–Crippen LogP) is 0.502. The fraction of sp³-hybridized carbons (Fsp3) is 0.600. The number of carboxylic acids is 1. The molecule has 5 N–H and O–H groups in total. The zero-order chi connectivity index (χ0) is 12.1. The van der Waals surface area contributed by atoms with E-state index in [4.69, 9.17) is 16.6 Å². The van der Waals surface area contributed by atoms with Crippen LogP contribution in [0.4, 0.5) is 0 Å². The largest absolute Gasteiger partial charge is 0.480 e. The number of nitrogens with two attached hydrogens (primary N) is 2. The molecule has 0 fully saturated rings. The Bertz CT molecular complexity index is 289. The van der Waals surface area contributed by atoms with E-state index in [2.05, 4.69) is 4.99 Å². The van der Waals surface area contributed by atoms with Crippen LogP contribution in [0.1, 0.15) is 27.2 Å². The quantitative estimate of drug-likeness (QED) is 0.351. The van der Waals surface area contributed by atoms with Crippen LogP contribution < -0.4 is 11.5 Å². The summed E-state index contributed by atoms with van der Waals surface area (Å²) in [5.41, 5.74) is 10.5. The molecule has 0 saturated carbocycles. The van der Waals surface area contributed by atoms with Crippen LogP contribution in [0.5, 0.6) is 0 Å². The summed E-state index contributed by atoms with van der Waals surface area (Å²) in [5, 5.41) is 8.79. The normalized spacial score (nSPS) is 17.3. The van der Waals surface area contributed by atoms with Crippen LogP contribution in [0.25, 0.3) is 0 Å². The van der Waals surface area contributed by atoms with Gasteiger partial charge >= 0.3 is 5.97 Å². The molecule has 0 aromatic rings. The molecule has 5 heteroatoms. The van der Waals surface area contributed by atoms with Crippen LogP contribution in [0.3, 0.4) is 0 Å². The fourth-order valence-electron chi connectivity index (χ4n) is 1.05. The minimum absolute atomic E-state index is 0.525. The van der Waals surface area contributed by atoms with Gasteiger partial charge < -0.3 is 16.6 Å². The maximum absolute atomic E-state index is 10.7. The standard InChI is InChI=1S/C10H19N3O2/c1-7(4-5-13-8(2)11)6-10(3,12)9(14)15/h6H,4-5,12H2,1-3H3,(H2,11,13)(H,14,15)/b7-6-. The molecule has 0 aromatic heterocycles. The number of hydrogen-bond donors (Lipinski definition) is 3. The molecule has 0 radical (unpaired) electrons. The molecule has 0 aliphatic heterocycles. The Kier molecular flexibility index (Phi) is 5.00. The van der Waals surface area contributed by atoms with Crippen molar-refractivity contribution in [3.8, 4) is 0 Å². The highest BCUT2D eigenvalue weighted by Gasteiger charge is 2.24. The molecule has 15 heavy (non-hydrogen) atoms. The average molecular weight is 213 g/mol. The summed E-state index contributed by atoms with van der Waals surface area (Å²) >= 11 is 0. The molecule has 0 rings (SSSR count). The van der Waals surface area contributed by atoms with E-state index in [1.165, 1.54) is 13.0 Å². The van der Waals surface area contributed by atoms with Gasteiger partial charge in [-0.05, 0) is 27.2 Å². The summed E-state index contributed by atoms with van der Waals surface area (Å²) in [6.07, 6.45) is 2.20. The summed E-state index contributed by atoms with van der Waals surface area (Å²) in [4.78, 5) is 14.7. The summed E-state index contributed by atoms with van der Waals surface area (Å²) in [7, 11) is 0. The summed E-state index contributed by atoms with van der Waals surface area (Å²) in [6.45, 7) is 5.55. The van der Waals surface area contributed by atoms with Crippen LogP contribution in [0.15, 0.2) is 16.6 Å². The third-order valence-electron chi connectivity index (χ3n) is 1.87. The molecule has 5 nitrogen and oxygen atoms in total. The molecule has 0 saturated heterocycles. The first-order chi connectivity index (χ1) is 6.75. The SMILES string of the molecule is CC(N)=NCC/C(C)=C\C(C)(N)C(=O)O. The lowest BCUT2D eigenvalue weighted by Gasteiger charge is -2.15. The lowest BCUT2D eigenvalue weighted by atomic mass is 9.99. The average Bonchev–Trinajstić information content (AvgIpc) is 2.01. The molecule has 0 bridgehead atoms. The van der Waals surface area contributed by atoms with Gasteiger partial charge in [0.25, 0.3) is 0 Å². The Hall–Kier alpha value is -1.36. The van der Waals surface area contributed by atoms with Gasteiger partial charge in [0, 0.05) is 6.54 Å². The topological polar surface area (TPSA) is 102 Å². The minimum Gasteiger partial charge on any atom is -0.480 e. The van der Waals surface area contributed by atoms with Gasteiger partial charge in [-0.3, -0.25) is 4.99 Å². The number of amidine groups is 1. The number of rotatable bonds is 5. The third kappa shape index (κ3) is 5.85. The van der Waals surface area contributed by atoms with Gasteiger partial charge in [0.1, 0.15) is 5.54 Å². The van der Waals surface area contributed by atoms with Gasteiger partial charge in [-0.2, -0.15) is 0 Å². The molecule has 86 valence electrons. The molecule has 1 unspecified atom stereocenters. The number of aliphatic carboxylic acids is 1. The molecule has 0 spiro atoms. The van der Waals surface area contributed by atoms with E-state index in [0.29, 0.717) is 18.8 Å². The molecular weight excluding hydrogens is 194 g/mol. The predicted molar refractivity (Wildman–Crippen MR) is 60.8 cm³/mol. The van der Waals surface area contributed by atoms with Crippen molar-refractivity contribution in [3.05, 3.63) is 11.6 Å². The highest BCUT2D eigenvalue weighted by Crippen LogP contribution is 2.09. The van der Waals surface area contributed by atoms with Gasteiger partial charge in [-0.15, -0.1) is 0 Å². The number of hydrogen-bond acceptors (Lipinski definition) is 3. The Morgan fingerprint density at radius 2 is 2.07 bits per heavy atom. The zero-order valence-electron chi connectivity index (χ0n) is 9.45. The van der Waals surface area contributed by atoms with Crippen molar-refractivity contribution in [2.45, 2.75) is 32.7 Å². The lowest BCUT2D eigenvalue weighted by molar-refractivity contribution is -0.140. The second kappa shape index (κ2) is 5.50. The summed E-state index contributed by atoms with van der Waals surface area (Å²) in [6, 6.07) is 0. The van der Waals surface area contributed by atoms with Gasteiger partial charge in [0.05, 0.1) is 5.84 Å². The van der Waals surface area contributed by atoms with Gasteiger partial charge in [0.15, 0.2) is 0 Å². The van der Waals surface area contributed by atoms with Crippen molar-refractivity contribution in [1.29, 1.82) is 0 Å². The first kappa shape index (κ1) is 13.6. The Balaban J connectivity index is 4.32. The second-order valence-corrected chi connectivity index (χ2v) is 3.85. The summed E-state index contributed by atoms with van der Waals surface area (Å²) < 4.78 is 0. The Labute approximate surface area is 89.9 Å². The highest BCUT2D eigenvalue weighted by atomic mass is 16.4. The van der Waals surface area contributed by atoms with Gasteiger partial charge in [0.2, 0.25) is 0 Å². The van der Waals surface area contributed by atoms with E-state index in [1.54, 1.807) is 6.92 Å². The van der Waals surface area contributed by atoms with Crippen molar-refractivity contribution < 1.29 is 9.90 Å². The van der Waals surface area contributed by atoms with E-state index < -0.39 is 11.5 Å². The lowest BCUT2D eigenvalue weighted by Crippen LogP contribution is -2.43. The van der Waals surface area contributed by atoms with Crippen LogP contribution in [-0.2, 0) is 4.79 Å². The molecule has 0 heterocycles. The second-order valence-electron chi connectivity index (χ2n) is 3.85. The smallest absolute Gasteiger partial charge is 0.327 e. The van der Waals surface area contributed by atoms with Crippen molar-refractivity contribution in [1.82, 2.24) is 0 Å². The molecular formula is C10H19N3O2. The number of carboxylic acid groups (broad SMARTS) is 1. The van der Waals surface area contributed by atoms with Crippen LogP contribution in [0, 0.1) is 0 Å². The molecule has 0 aliphatic carbocycles. The van der Waals surface area contributed by atoms with E-state index in [0.717, 1.165) is 5.57 Å². The number of aliphatic imine (C=N–C) groups is 1. The van der Waals surface area contributed by atoms with Crippen LogP contribution in [-0.4, -0.2) is 29.0 Å². The molecule has 1 atom stereocenters. The van der Waals surface area contributed by atoms with Crippen molar-refractivity contribution in [2.24, 2.45) is 16.5 Å². The van der Waals surface area contributed by atoms with Crippen molar-refractivity contribution >= 4 is 11.8 Å². The minimum atomic E-state index is -1.31. The molecule has 0 aromatic carbocycles. The first-order valence-corrected chi connectivity index (χ1v) is 4.73. The molecule has 0 amide bonds. The van der Waals surface area contributed by atoms with Crippen LogP contribution in [0.2, 0.25) is 0 Å². The highest BCUT2D eigenvalue weighted by molar-refractivity contribution is 5.80. The zero-order valence-corrected chi connectivity index (χ0v) is 9.45. The van der Waals surface area contributed by atoms with Gasteiger partial charge in [-0.1, -0.05) is 11.6 Å². The van der Waals surface area contributed by atoms with Gasteiger partial charge in [-0.25, -0.2) is 4.79 Å². The van der Waals surface area contributed by atoms with E-state index in [-0.39, 0.29) is 0 Å². The number of nitrogens with zero attached hydrogens (tertiary/aromatic N) is 1. The maximum Gasteiger partial charge on any atom is 0.327 e. The first-order valence-electron chi connectivity index (χ1n) is 4.73. The molecule has 0 aliphatic rings. The third-order valence-corrected chi connectivity index (χ3v) is 1.87. The maximum atomic E-state index is 10.7. The number of carbonyl (C=O) groups is 1. The van der Waals surface area contributed by atoms with E-state index in [1.807, 2.05) is 6.92 Å². The van der Waals surface area contributed by atoms with E-state index in [9.17, 15) is 4.79 Å². The Morgan fingerprint density at radius 1 is 1.53 bits per heavy atom. The Morgan fingerprint density at radius 3 is 2.47 bits per heavy atom.